The van der Waals surface area contributed by atoms with Crippen LogP contribution >= 0.6 is 0 Å². The van der Waals surface area contributed by atoms with E-state index in [0.717, 1.165) is 22.3 Å². The van der Waals surface area contributed by atoms with Crippen LogP contribution in [0.4, 0.5) is 0 Å². The second-order valence-corrected chi connectivity index (χ2v) is 12.1. The molecule has 8 atom stereocenters. The van der Waals surface area contributed by atoms with Gasteiger partial charge in [0.2, 0.25) is 0 Å². The van der Waals surface area contributed by atoms with Gasteiger partial charge in [0.1, 0.15) is 12.2 Å². The Morgan fingerprint density at radius 2 is 1.42 bits per heavy atom. The fraction of sp³-hybridized carbons (Fsp3) is 0.405. The highest BCUT2D eigenvalue weighted by Crippen LogP contribution is 2.31. The van der Waals surface area contributed by atoms with E-state index in [0.29, 0.717) is 26.1 Å². The molecule has 0 bridgehead atoms. The number of nitrogens with one attached hydrogen (secondary N) is 2. The molecule has 0 radical (unpaired) electrons. The highest BCUT2D eigenvalue weighted by atomic mass is 16.5. The number of carbonyl (C=O) groups excluding carboxylic acids is 2. The molecule has 1 unspecified atom stereocenters. The first-order chi connectivity index (χ1) is 23.3. The predicted molar refractivity (Wildman–Crippen MR) is 176 cm³/mol. The van der Waals surface area contributed by atoms with Crippen LogP contribution in [-0.4, -0.2) is 89.6 Å². The standard InChI is InChI=1S/C37H44N2O9/c1-2-17-45-23-28-19-27(22-46-28)38-36(43)34(47-20-24-11-5-3-6-12-24)32(41)33(42)35(48-21-25-13-7-4-8-14-25)37(44)39-31-29-16-10-9-15-26(29)18-30(31)40/h2-16,27-28,30-35,40-42H,1,17-23H2,(H,38,43)(H,39,44)/t27?,28-,30+,31-,32+,33+,34+,35+/m0/s1. The van der Waals surface area contributed by atoms with Crippen LogP contribution in [-0.2, 0) is 48.2 Å². The quantitative estimate of drug-likeness (QED) is 0.108. The summed E-state index contributed by atoms with van der Waals surface area (Å²) in [6.07, 6.45) is -5.64. The van der Waals surface area contributed by atoms with Crippen molar-refractivity contribution in [1.82, 2.24) is 10.6 Å². The highest BCUT2D eigenvalue weighted by Gasteiger charge is 2.43. The van der Waals surface area contributed by atoms with Crippen molar-refractivity contribution in [3.63, 3.8) is 0 Å². The zero-order valence-corrected chi connectivity index (χ0v) is 26.7. The van der Waals surface area contributed by atoms with Crippen LogP contribution < -0.4 is 10.6 Å². The number of aliphatic hydroxyl groups is 3. The third-order valence-corrected chi connectivity index (χ3v) is 8.50. The lowest BCUT2D eigenvalue weighted by atomic mass is 9.99. The Bertz CT molecular complexity index is 1470. The maximum Gasteiger partial charge on any atom is 0.252 e. The summed E-state index contributed by atoms with van der Waals surface area (Å²) in [6.45, 7) is 4.46. The minimum Gasteiger partial charge on any atom is -0.390 e. The lowest BCUT2D eigenvalue weighted by Gasteiger charge is -2.32. The Labute approximate surface area is 280 Å². The lowest BCUT2D eigenvalue weighted by Crippen LogP contribution is -2.57. The van der Waals surface area contributed by atoms with Crippen molar-refractivity contribution in [1.29, 1.82) is 0 Å². The van der Waals surface area contributed by atoms with E-state index in [1.165, 1.54) is 0 Å². The SMILES string of the molecule is C=CCOC[C@@H]1CC(NC(=O)[C@H](OCc2ccccc2)[C@H](O)[C@@H](O)[C@@H](OCc2ccccc2)C(=O)N[C@H]2c3ccccc3C[C@H]2O)CO1. The van der Waals surface area contributed by atoms with Crippen LogP contribution in [0.3, 0.4) is 0 Å². The van der Waals surface area contributed by atoms with Crippen LogP contribution in [0, 0.1) is 0 Å². The average molecular weight is 661 g/mol. The van der Waals surface area contributed by atoms with Crippen molar-refractivity contribution in [2.24, 2.45) is 0 Å². The summed E-state index contributed by atoms with van der Waals surface area (Å²) in [6, 6.07) is 24.4. The molecule has 2 aliphatic rings. The van der Waals surface area contributed by atoms with Gasteiger partial charge in [-0.05, 0) is 28.7 Å². The summed E-state index contributed by atoms with van der Waals surface area (Å²) >= 11 is 0. The van der Waals surface area contributed by atoms with E-state index >= 15 is 0 Å². The van der Waals surface area contributed by atoms with Gasteiger partial charge < -0.3 is 44.9 Å². The van der Waals surface area contributed by atoms with E-state index < -0.39 is 48.4 Å². The number of amides is 2. The Kier molecular flexibility index (Phi) is 12.9. The average Bonchev–Trinajstić information content (AvgIpc) is 3.68. The summed E-state index contributed by atoms with van der Waals surface area (Å²) in [7, 11) is 0. The first-order valence-electron chi connectivity index (χ1n) is 16.2. The van der Waals surface area contributed by atoms with Crippen molar-refractivity contribution in [3.05, 3.63) is 120 Å². The number of aliphatic hydroxyl groups excluding tert-OH is 3. The Morgan fingerprint density at radius 1 is 0.854 bits per heavy atom. The molecule has 2 amide bonds. The van der Waals surface area contributed by atoms with Crippen LogP contribution in [0.1, 0.15) is 34.7 Å². The number of hydrogen-bond acceptors (Lipinski definition) is 9. The third-order valence-electron chi connectivity index (χ3n) is 8.50. The molecule has 1 heterocycles. The number of hydrogen-bond donors (Lipinski definition) is 5. The van der Waals surface area contributed by atoms with Gasteiger partial charge in [0.05, 0.1) is 57.3 Å². The maximum absolute atomic E-state index is 13.8. The zero-order valence-electron chi connectivity index (χ0n) is 26.7. The molecule has 1 aliphatic carbocycles. The predicted octanol–water partition coefficient (Wildman–Crippen LogP) is 2.13. The van der Waals surface area contributed by atoms with E-state index in [4.69, 9.17) is 18.9 Å². The van der Waals surface area contributed by atoms with Crippen molar-refractivity contribution >= 4 is 11.8 Å². The van der Waals surface area contributed by atoms with E-state index in [2.05, 4.69) is 17.2 Å². The normalized spacial score (nSPS) is 22.6. The number of rotatable bonds is 17. The van der Waals surface area contributed by atoms with Gasteiger partial charge in [0, 0.05) is 6.42 Å². The van der Waals surface area contributed by atoms with E-state index in [1.54, 1.807) is 30.3 Å². The Balaban J connectivity index is 1.33. The van der Waals surface area contributed by atoms with Crippen molar-refractivity contribution < 1.29 is 43.9 Å². The van der Waals surface area contributed by atoms with Gasteiger partial charge in [0.15, 0.2) is 12.2 Å². The van der Waals surface area contributed by atoms with E-state index in [-0.39, 0.29) is 32.0 Å². The van der Waals surface area contributed by atoms with Crippen LogP contribution in [0.15, 0.2) is 97.6 Å². The van der Waals surface area contributed by atoms with E-state index in [9.17, 15) is 24.9 Å². The summed E-state index contributed by atoms with van der Waals surface area (Å²) in [5.41, 5.74) is 3.12. The molecule has 5 rings (SSSR count). The zero-order chi connectivity index (χ0) is 33.9. The second kappa shape index (κ2) is 17.5. The third kappa shape index (κ3) is 9.36. The molecule has 1 fully saturated rings. The van der Waals surface area contributed by atoms with Gasteiger partial charge in [-0.15, -0.1) is 6.58 Å². The van der Waals surface area contributed by atoms with Crippen LogP contribution in [0.5, 0.6) is 0 Å². The lowest BCUT2D eigenvalue weighted by molar-refractivity contribution is -0.171. The van der Waals surface area contributed by atoms with Gasteiger partial charge in [-0.3, -0.25) is 9.59 Å². The van der Waals surface area contributed by atoms with E-state index in [1.807, 2.05) is 60.7 Å². The highest BCUT2D eigenvalue weighted by molar-refractivity contribution is 5.84. The smallest absolute Gasteiger partial charge is 0.252 e. The van der Waals surface area contributed by atoms with Gasteiger partial charge in [-0.1, -0.05) is 91.0 Å². The first kappa shape index (κ1) is 35.4. The molecular formula is C37H44N2O9. The Morgan fingerprint density at radius 3 is 2.02 bits per heavy atom. The summed E-state index contributed by atoms with van der Waals surface area (Å²) < 4.78 is 23.1. The molecule has 0 saturated carbocycles. The number of benzene rings is 3. The monoisotopic (exact) mass is 660 g/mol. The van der Waals surface area contributed by atoms with Gasteiger partial charge >= 0.3 is 0 Å². The van der Waals surface area contributed by atoms with Crippen LogP contribution in [0.2, 0.25) is 0 Å². The first-order valence-corrected chi connectivity index (χ1v) is 16.2. The fourth-order valence-corrected chi connectivity index (χ4v) is 6.01. The topological polar surface area (TPSA) is 156 Å². The number of carbonyl (C=O) groups is 2. The van der Waals surface area contributed by atoms with Crippen LogP contribution in [0.25, 0.3) is 0 Å². The van der Waals surface area contributed by atoms with Gasteiger partial charge in [-0.2, -0.15) is 0 Å². The maximum atomic E-state index is 13.8. The number of fused-ring (bicyclic) bond motifs is 1. The summed E-state index contributed by atoms with van der Waals surface area (Å²) in [5.74, 6) is -1.44. The number of ether oxygens (including phenoxy) is 4. The summed E-state index contributed by atoms with van der Waals surface area (Å²) in [5, 5.41) is 39.6. The molecule has 1 aliphatic heterocycles. The molecule has 11 heteroatoms. The second-order valence-electron chi connectivity index (χ2n) is 12.1. The van der Waals surface area contributed by atoms with Crippen molar-refractivity contribution in [2.45, 2.75) is 74.8 Å². The minimum atomic E-state index is -1.89. The molecule has 3 aromatic carbocycles. The van der Waals surface area contributed by atoms with Crippen molar-refractivity contribution in [3.8, 4) is 0 Å². The molecule has 256 valence electrons. The largest absolute Gasteiger partial charge is 0.390 e. The molecule has 3 aromatic rings. The molecule has 1 saturated heterocycles. The van der Waals surface area contributed by atoms with Crippen molar-refractivity contribution in [2.75, 3.05) is 19.8 Å². The summed E-state index contributed by atoms with van der Waals surface area (Å²) in [4.78, 5) is 27.5. The molecule has 5 N–H and O–H groups in total. The van der Waals surface area contributed by atoms with Gasteiger partial charge in [0.25, 0.3) is 11.8 Å². The molecular weight excluding hydrogens is 616 g/mol. The minimum absolute atomic E-state index is 0.0469. The Hall–Kier alpha value is -3.94. The molecule has 0 spiro atoms. The molecule has 0 aromatic heterocycles. The molecule has 11 nitrogen and oxygen atoms in total. The fourth-order valence-electron chi connectivity index (χ4n) is 6.01. The molecule has 48 heavy (non-hydrogen) atoms. The van der Waals surface area contributed by atoms with Gasteiger partial charge in [-0.25, -0.2) is 0 Å².